The van der Waals surface area contributed by atoms with Crippen LogP contribution < -0.4 is 5.56 Å². The second kappa shape index (κ2) is 7.34. The molecule has 0 aliphatic carbocycles. The van der Waals surface area contributed by atoms with Crippen molar-refractivity contribution in [2.45, 2.75) is 0 Å². The Hall–Kier alpha value is -4.83. The highest BCUT2D eigenvalue weighted by Gasteiger charge is 2.19. The molecular formula is C31H18N2O2. The number of hydrogen-bond donors (Lipinski definition) is 0. The van der Waals surface area contributed by atoms with Crippen LogP contribution in [0.15, 0.2) is 108 Å². The van der Waals surface area contributed by atoms with Gasteiger partial charge in [0.05, 0.1) is 11.0 Å². The molecule has 35 heavy (non-hydrogen) atoms. The van der Waals surface area contributed by atoms with Gasteiger partial charge in [0.1, 0.15) is 5.65 Å². The van der Waals surface area contributed by atoms with Gasteiger partial charge in [-0.15, -0.1) is 0 Å². The van der Waals surface area contributed by atoms with Crippen molar-refractivity contribution in [1.29, 1.82) is 0 Å². The largest absolute Gasteiger partial charge is 0.289 e. The van der Waals surface area contributed by atoms with E-state index in [1.54, 1.807) is 22.6 Å². The van der Waals surface area contributed by atoms with Crippen molar-refractivity contribution in [1.82, 2.24) is 9.38 Å². The molecule has 4 nitrogen and oxygen atoms in total. The van der Waals surface area contributed by atoms with Crippen LogP contribution in [-0.4, -0.2) is 15.2 Å². The first-order valence-electron chi connectivity index (χ1n) is 11.5. The van der Waals surface area contributed by atoms with Crippen LogP contribution in [0, 0.1) is 0 Å². The van der Waals surface area contributed by atoms with Gasteiger partial charge in [-0.3, -0.25) is 14.0 Å². The molecule has 0 radical (unpaired) electrons. The summed E-state index contributed by atoms with van der Waals surface area (Å²) in [6.07, 6.45) is 3.40. The quantitative estimate of drug-likeness (QED) is 0.224. The van der Waals surface area contributed by atoms with E-state index in [2.05, 4.69) is 0 Å². The molecule has 7 aromatic rings. The molecule has 164 valence electrons. The minimum absolute atomic E-state index is 0.102. The Morgan fingerprint density at radius 1 is 0.743 bits per heavy atom. The molecule has 2 aromatic heterocycles. The van der Waals surface area contributed by atoms with Crippen molar-refractivity contribution < 1.29 is 4.79 Å². The summed E-state index contributed by atoms with van der Waals surface area (Å²) in [6.45, 7) is 0. The topological polar surface area (TPSA) is 51.4 Å². The molecule has 0 spiro atoms. The van der Waals surface area contributed by atoms with E-state index in [-0.39, 0.29) is 11.3 Å². The Morgan fingerprint density at radius 2 is 1.49 bits per heavy atom. The molecule has 0 saturated heterocycles. The molecule has 0 unspecified atom stereocenters. The summed E-state index contributed by atoms with van der Waals surface area (Å²) in [7, 11) is 0. The number of aromatic nitrogens is 2. The van der Waals surface area contributed by atoms with Gasteiger partial charge >= 0.3 is 0 Å². The average Bonchev–Trinajstić information content (AvgIpc) is 3.28. The summed E-state index contributed by atoms with van der Waals surface area (Å²) in [5, 5.41) is 5.13. The second-order valence-electron chi connectivity index (χ2n) is 8.76. The predicted molar refractivity (Wildman–Crippen MR) is 142 cm³/mol. The van der Waals surface area contributed by atoms with E-state index in [4.69, 9.17) is 4.98 Å². The van der Waals surface area contributed by atoms with Crippen molar-refractivity contribution in [3.8, 4) is 0 Å². The van der Waals surface area contributed by atoms with Gasteiger partial charge in [0, 0.05) is 21.7 Å². The fraction of sp³-hybridized carbons (Fsp3) is 0. The van der Waals surface area contributed by atoms with Crippen LogP contribution in [0.25, 0.3) is 55.1 Å². The zero-order valence-electron chi connectivity index (χ0n) is 18.6. The van der Waals surface area contributed by atoms with Crippen LogP contribution >= 0.6 is 0 Å². The van der Waals surface area contributed by atoms with Crippen LogP contribution in [0.4, 0.5) is 0 Å². The average molecular weight is 450 g/mol. The third kappa shape index (κ3) is 2.90. The number of hydrogen-bond acceptors (Lipinski definition) is 3. The zero-order valence-corrected chi connectivity index (χ0v) is 18.6. The minimum atomic E-state index is -0.125. The highest BCUT2D eigenvalue weighted by Crippen LogP contribution is 2.33. The SMILES string of the molecule is O=C(C=Cc1ccccc1)c1ccc2c(=O)n3c4cc5ccccc5cc4nc3c3cccc1c23. The second-order valence-corrected chi connectivity index (χ2v) is 8.76. The maximum atomic E-state index is 13.7. The summed E-state index contributed by atoms with van der Waals surface area (Å²) >= 11 is 0. The number of carbonyl (C=O) groups is 1. The normalized spacial score (nSPS) is 12.1. The van der Waals surface area contributed by atoms with E-state index in [9.17, 15) is 9.59 Å². The first-order valence-corrected chi connectivity index (χ1v) is 11.5. The predicted octanol–water partition coefficient (Wildman–Crippen LogP) is 6.64. The summed E-state index contributed by atoms with van der Waals surface area (Å²) < 4.78 is 1.70. The van der Waals surface area contributed by atoms with E-state index in [0.717, 1.165) is 43.5 Å². The minimum Gasteiger partial charge on any atom is -0.289 e. The Labute approximate surface area is 199 Å². The van der Waals surface area contributed by atoms with Crippen LogP contribution in [0.1, 0.15) is 15.9 Å². The number of ketones is 1. The fourth-order valence-corrected chi connectivity index (χ4v) is 5.08. The lowest BCUT2D eigenvalue weighted by atomic mass is 9.95. The molecule has 2 heterocycles. The highest BCUT2D eigenvalue weighted by molar-refractivity contribution is 6.23. The third-order valence-electron chi connectivity index (χ3n) is 6.73. The number of carbonyl (C=O) groups excluding carboxylic acids is 1. The van der Waals surface area contributed by atoms with Crippen LogP contribution in [0.3, 0.4) is 0 Å². The van der Waals surface area contributed by atoms with Gasteiger partial charge in [0.25, 0.3) is 5.56 Å². The Kier molecular flexibility index (Phi) is 4.11. The van der Waals surface area contributed by atoms with Crippen molar-refractivity contribution in [2.24, 2.45) is 0 Å². The molecule has 0 amide bonds. The van der Waals surface area contributed by atoms with Gasteiger partial charge in [-0.1, -0.05) is 78.9 Å². The van der Waals surface area contributed by atoms with E-state index in [1.807, 2.05) is 91.0 Å². The van der Waals surface area contributed by atoms with Crippen LogP contribution in [-0.2, 0) is 0 Å². The number of nitrogens with zero attached hydrogens (tertiary/aromatic N) is 2. The van der Waals surface area contributed by atoms with Crippen molar-refractivity contribution in [3.05, 3.63) is 125 Å². The molecule has 0 N–H and O–H groups in total. The molecule has 0 aliphatic heterocycles. The number of benzene rings is 5. The number of rotatable bonds is 3. The summed E-state index contributed by atoms with van der Waals surface area (Å²) in [6, 6.07) is 31.2. The summed E-state index contributed by atoms with van der Waals surface area (Å²) in [4.78, 5) is 31.8. The zero-order chi connectivity index (χ0) is 23.5. The number of allylic oxidation sites excluding steroid dienone is 1. The molecule has 0 saturated carbocycles. The Bertz CT molecular complexity index is 2040. The molecular weight excluding hydrogens is 432 g/mol. The lowest BCUT2D eigenvalue weighted by Crippen LogP contribution is -2.14. The van der Waals surface area contributed by atoms with Crippen molar-refractivity contribution in [2.75, 3.05) is 0 Å². The van der Waals surface area contributed by atoms with E-state index in [0.29, 0.717) is 16.6 Å². The molecule has 5 aromatic carbocycles. The monoisotopic (exact) mass is 450 g/mol. The van der Waals surface area contributed by atoms with Gasteiger partial charge in [0.2, 0.25) is 0 Å². The van der Waals surface area contributed by atoms with Crippen molar-refractivity contribution >= 4 is 60.9 Å². The van der Waals surface area contributed by atoms with E-state index < -0.39 is 0 Å². The molecule has 0 bridgehead atoms. The molecule has 0 aliphatic rings. The Morgan fingerprint density at radius 3 is 2.31 bits per heavy atom. The standard InChI is InChI=1S/C31H18N2O2/c34-28(16-13-19-7-2-1-3-8-19)22-14-15-25-29-23(22)11-6-12-24(29)30-32-26-17-20-9-4-5-10-21(20)18-27(26)33(30)31(25)35/h1-18H. The third-order valence-corrected chi connectivity index (χ3v) is 6.73. The lowest BCUT2D eigenvalue weighted by Gasteiger charge is -2.10. The van der Waals surface area contributed by atoms with Gasteiger partial charge in [-0.25, -0.2) is 4.98 Å². The first-order chi connectivity index (χ1) is 17.2. The molecule has 0 fully saturated rings. The number of fused-ring (bicyclic) bond motifs is 5. The van der Waals surface area contributed by atoms with Crippen LogP contribution in [0.2, 0.25) is 0 Å². The molecule has 0 atom stereocenters. The molecule has 7 rings (SSSR count). The lowest BCUT2D eigenvalue weighted by molar-refractivity contribution is 0.104. The van der Waals surface area contributed by atoms with Crippen molar-refractivity contribution in [3.63, 3.8) is 0 Å². The number of imidazole rings is 1. The fourth-order valence-electron chi connectivity index (χ4n) is 5.08. The number of pyridine rings is 1. The maximum absolute atomic E-state index is 13.7. The highest BCUT2D eigenvalue weighted by atomic mass is 16.1. The smallest absolute Gasteiger partial charge is 0.264 e. The summed E-state index contributed by atoms with van der Waals surface area (Å²) in [5.41, 5.74) is 3.58. The van der Waals surface area contributed by atoms with E-state index in [1.165, 1.54) is 0 Å². The summed E-state index contributed by atoms with van der Waals surface area (Å²) in [5.74, 6) is -0.102. The molecule has 4 heteroatoms. The van der Waals surface area contributed by atoms with Crippen LogP contribution in [0.5, 0.6) is 0 Å². The van der Waals surface area contributed by atoms with E-state index >= 15 is 0 Å². The Balaban J connectivity index is 1.51. The van der Waals surface area contributed by atoms with Gasteiger partial charge < -0.3 is 0 Å². The van der Waals surface area contributed by atoms with Gasteiger partial charge in [-0.2, -0.15) is 0 Å². The van der Waals surface area contributed by atoms with Gasteiger partial charge in [-0.05, 0) is 52.1 Å². The maximum Gasteiger partial charge on any atom is 0.264 e. The van der Waals surface area contributed by atoms with Gasteiger partial charge in [0.15, 0.2) is 5.78 Å². The first kappa shape index (κ1) is 19.6.